The van der Waals surface area contributed by atoms with Crippen LogP contribution >= 0.6 is 11.6 Å². The average molecular weight is 317 g/mol. The van der Waals surface area contributed by atoms with Gasteiger partial charge in [0.1, 0.15) is 16.3 Å². The van der Waals surface area contributed by atoms with Crippen LogP contribution in [0.2, 0.25) is 5.02 Å². The Morgan fingerprint density at radius 1 is 1.57 bits per heavy atom. The van der Waals surface area contributed by atoms with E-state index in [2.05, 4.69) is 4.74 Å². The SMILES string of the molecule is COC(=O)C(C)(N)CC(C)Oc1ccc([N+](=O)[O-])c(Cl)c1. The van der Waals surface area contributed by atoms with Crippen molar-refractivity contribution < 1.29 is 19.2 Å². The van der Waals surface area contributed by atoms with Gasteiger partial charge in [-0.05, 0) is 19.9 Å². The zero-order valence-corrected chi connectivity index (χ0v) is 12.7. The normalized spacial score (nSPS) is 14.9. The van der Waals surface area contributed by atoms with Crippen molar-refractivity contribution in [2.24, 2.45) is 5.73 Å². The molecule has 0 aliphatic rings. The summed E-state index contributed by atoms with van der Waals surface area (Å²) in [6.07, 6.45) is -0.189. The minimum Gasteiger partial charge on any atom is -0.491 e. The molecule has 1 rings (SSSR count). The molecule has 8 heteroatoms. The number of hydrogen-bond acceptors (Lipinski definition) is 6. The molecule has 21 heavy (non-hydrogen) atoms. The second-order valence-electron chi connectivity index (χ2n) is 4.91. The number of nitrogens with zero attached hydrogens (tertiary/aromatic N) is 1. The number of carbonyl (C=O) groups is 1. The van der Waals surface area contributed by atoms with Crippen molar-refractivity contribution in [1.82, 2.24) is 0 Å². The van der Waals surface area contributed by atoms with Gasteiger partial charge in [-0.25, -0.2) is 0 Å². The number of halogens is 1. The van der Waals surface area contributed by atoms with E-state index in [0.717, 1.165) is 0 Å². The zero-order chi connectivity index (χ0) is 16.2. The standard InChI is InChI=1S/C13H17ClN2O5/c1-8(7-13(2,15)12(17)20-3)21-9-4-5-11(16(18)19)10(14)6-9/h4-6,8H,7,15H2,1-3H3. The van der Waals surface area contributed by atoms with Gasteiger partial charge in [0.2, 0.25) is 0 Å². The van der Waals surface area contributed by atoms with E-state index in [1.165, 1.54) is 25.3 Å². The molecule has 0 heterocycles. The number of rotatable bonds is 6. The van der Waals surface area contributed by atoms with Gasteiger partial charge in [0, 0.05) is 18.6 Å². The lowest BCUT2D eigenvalue weighted by Gasteiger charge is -2.25. The third-order valence-electron chi connectivity index (χ3n) is 2.82. The molecule has 0 aromatic heterocycles. The van der Waals surface area contributed by atoms with E-state index in [4.69, 9.17) is 22.1 Å². The van der Waals surface area contributed by atoms with Gasteiger partial charge in [-0.1, -0.05) is 11.6 Å². The third kappa shape index (κ3) is 4.57. The van der Waals surface area contributed by atoms with Gasteiger partial charge >= 0.3 is 5.97 Å². The van der Waals surface area contributed by atoms with E-state index in [0.29, 0.717) is 5.75 Å². The number of nitro benzene ring substituents is 1. The molecule has 0 spiro atoms. The molecule has 1 aromatic carbocycles. The summed E-state index contributed by atoms with van der Waals surface area (Å²) < 4.78 is 10.2. The molecule has 0 fully saturated rings. The minimum absolute atomic E-state index is 0.0202. The van der Waals surface area contributed by atoms with Crippen LogP contribution in [0.4, 0.5) is 5.69 Å². The first-order valence-corrected chi connectivity index (χ1v) is 6.53. The molecule has 0 aliphatic heterocycles. The summed E-state index contributed by atoms with van der Waals surface area (Å²) in [5.41, 5.74) is 4.47. The number of nitro groups is 1. The van der Waals surface area contributed by atoms with Crippen LogP contribution in [0.1, 0.15) is 20.3 Å². The van der Waals surface area contributed by atoms with Crippen LogP contribution in [0.25, 0.3) is 0 Å². The lowest BCUT2D eigenvalue weighted by Crippen LogP contribution is -2.48. The van der Waals surface area contributed by atoms with Crippen molar-refractivity contribution in [2.45, 2.75) is 31.9 Å². The van der Waals surface area contributed by atoms with Crippen molar-refractivity contribution in [2.75, 3.05) is 7.11 Å². The van der Waals surface area contributed by atoms with Crippen LogP contribution in [0.5, 0.6) is 5.75 Å². The smallest absolute Gasteiger partial charge is 0.325 e. The highest BCUT2D eigenvalue weighted by molar-refractivity contribution is 6.32. The van der Waals surface area contributed by atoms with Gasteiger partial charge in [0.25, 0.3) is 5.69 Å². The van der Waals surface area contributed by atoms with Crippen molar-refractivity contribution >= 4 is 23.3 Å². The van der Waals surface area contributed by atoms with Crippen molar-refractivity contribution in [3.63, 3.8) is 0 Å². The Morgan fingerprint density at radius 3 is 2.67 bits per heavy atom. The summed E-state index contributed by atoms with van der Waals surface area (Å²) >= 11 is 5.79. The molecular formula is C13H17ClN2O5. The van der Waals surface area contributed by atoms with E-state index in [9.17, 15) is 14.9 Å². The number of nitrogens with two attached hydrogens (primary N) is 1. The first-order chi connectivity index (χ1) is 9.67. The first kappa shape index (κ1) is 17.2. The Bertz CT molecular complexity index is 547. The Kier molecular flexibility index (Phi) is 5.51. The highest BCUT2D eigenvalue weighted by Crippen LogP contribution is 2.29. The molecule has 0 saturated heterocycles. The predicted molar refractivity (Wildman–Crippen MR) is 77.4 cm³/mol. The van der Waals surface area contributed by atoms with Gasteiger partial charge in [-0.3, -0.25) is 14.9 Å². The molecule has 0 radical (unpaired) electrons. The number of carbonyl (C=O) groups excluding carboxylic acids is 1. The number of esters is 1. The molecule has 1 aromatic rings. The highest BCUT2D eigenvalue weighted by atomic mass is 35.5. The molecule has 0 saturated carbocycles. The number of benzene rings is 1. The highest BCUT2D eigenvalue weighted by Gasteiger charge is 2.32. The summed E-state index contributed by atoms with van der Waals surface area (Å²) in [4.78, 5) is 21.6. The monoisotopic (exact) mass is 316 g/mol. The topological polar surface area (TPSA) is 105 Å². The van der Waals surface area contributed by atoms with Gasteiger partial charge in [-0.2, -0.15) is 0 Å². The van der Waals surface area contributed by atoms with Crippen LogP contribution in [-0.4, -0.2) is 29.6 Å². The summed E-state index contributed by atoms with van der Waals surface area (Å²) in [6.45, 7) is 3.27. The number of hydrogen-bond donors (Lipinski definition) is 1. The second kappa shape index (κ2) is 6.73. The Hall–Kier alpha value is -1.86. The van der Waals surface area contributed by atoms with Gasteiger partial charge in [0.05, 0.1) is 18.1 Å². The molecule has 2 unspecified atom stereocenters. The molecule has 2 N–H and O–H groups in total. The fourth-order valence-corrected chi connectivity index (χ4v) is 2.14. The summed E-state index contributed by atoms with van der Waals surface area (Å²) in [7, 11) is 1.26. The molecular weight excluding hydrogens is 300 g/mol. The van der Waals surface area contributed by atoms with Crippen molar-refractivity contribution in [1.29, 1.82) is 0 Å². The van der Waals surface area contributed by atoms with Gasteiger partial charge in [0.15, 0.2) is 0 Å². The van der Waals surface area contributed by atoms with E-state index in [1.54, 1.807) is 13.8 Å². The Labute approximate surface area is 127 Å². The van der Waals surface area contributed by atoms with Crippen LogP contribution in [0, 0.1) is 10.1 Å². The number of ether oxygens (including phenoxy) is 2. The lowest BCUT2D eigenvalue weighted by atomic mass is 9.96. The maximum absolute atomic E-state index is 11.5. The molecule has 2 atom stereocenters. The molecule has 0 bridgehead atoms. The van der Waals surface area contributed by atoms with E-state index in [-0.39, 0.29) is 17.1 Å². The fraction of sp³-hybridized carbons (Fsp3) is 0.462. The third-order valence-corrected chi connectivity index (χ3v) is 3.12. The summed E-state index contributed by atoms with van der Waals surface area (Å²) in [5.74, 6) is -0.182. The van der Waals surface area contributed by atoms with Crippen LogP contribution in [-0.2, 0) is 9.53 Å². The fourth-order valence-electron chi connectivity index (χ4n) is 1.90. The summed E-state index contributed by atoms with van der Waals surface area (Å²) in [6, 6.07) is 4.04. The maximum atomic E-state index is 11.5. The van der Waals surface area contributed by atoms with E-state index in [1.807, 2.05) is 0 Å². The van der Waals surface area contributed by atoms with Gasteiger partial charge < -0.3 is 15.2 Å². The second-order valence-corrected chi connectivity index (χ2v) is 5.32. The molecule has 116 valence electrons. The number of methoxy groups -OCH3 is 1. The minimum atomic E-state index is -1.18. The van der Waals surface area contributed by atoms with Crippen LogP contribution in [0.3, 0.4) is 0 Å². The van der Waals surface area contributed by atoms with Crippen molar-refractivity contribution in [3.05, 3.63) is 33.3 Å². The van der Waals surface area contributed by atoms with E-state index < -0.39 is 22.5 Å². The Balaban J connectivity index is 2.76. The summed E-state index contributed by atoms with van der Waals surface area (Å²) in [5, 5.41) is 10.6. The van der Waals surface area contributed by atoms with Crippen molar-refractivity contribution in [3.8, 4) is 5.75 Å². The van der Waals surface area contributed by atoms with Crippen LogP contribution < -0.4 is 10.5 Å². The molecule has 0 aliphatic carbocycles. The quantitative estimate of drug-likeness (QED) is 0.490. The maximum Gasteiger partial charge on any atom is 0.325 e. The zero-order valence-electron chi connectivity index (χ0n) is 12.0. The lowest BCUT2D eigenvalue weighted by molar-refractivity contribution is -0.384. The largest absolute Gasteiger partial charge is 0.491 e. The van der Waals surface area contributed by atoms with Crippen LogP contribution in [0.15, 0.2) is 18.2 Å². The van der Waals surface area contributed by atoms with Gasteiger partial charge in [-0.15, -0.1) is 0 Å². The Morgan fingerprint density at radius 2 is 2.19 bits per heavy atom. The molecule has 0 amide bonds. The first-order valence-electron chi connectivity index (χ1n) is 6.15. The average Bonchev–Trinajstić information content (AvgIpc) is 2.36. The van der Waals surface area contributed by atoms with E-state index >= 15 is 0 Å². The predicted octanol–water partition coefficient (Wildman–Crippen LogP) is 2.30. The molecule has 7 nitrogen and oxygen atoms in total.